The molecule has 1 saturated heterocycles. The maximum absolute atomic E-state index is 12.7. The molecule has 1 aliphatic heterocycles. The number of carbonyl (C=O) groups excluding carboxylic acids is 2. The fraction of sp³-hybridized carbons (Fsp3) is 0.947. The van der Waals surface area contributed by atoms with E-state index in [0.717, 1.165) is 38.5 Å². The Balaban J connectivity index is 2.39. The zero-order chi connectivity index (χ0) is 35.2. The minimum Gasteiger partial charge on any atom is -0.462 e. The quantitative estimate of drug-likeness (QED) is 0.0427. The Morgan fingerprint density at radius 2 is 0.979 bits per heavy atom. The summed E-state index contributed by atoms with van der Waals surface area (Å²) in [5, 5.41) is 39.9. The van der Waals surface area contributed by atoms with Gasteiger partial charge in [-0.15, -0.1) is 0 Å². The Bertz CT molecular complexity index is 764. The van der Waals surface area contributed by atoms with E-state index in [4.69, 9.17) is 18.9 Å². The number of carbonyl (C=O) groups is 2. The fourth-order valence-electron chi connectivity index (χ4n) is 6.07. The molecular formula is C38H72O10. The molecule has 0 aromatic carbocycles. The average Bonchev–Trinajstić information content (AvgIpc) is 3.08. The third-order valence-electron chi connectivity index (χ3n) is 9.24. The second kappa shape index (κ2) is 30.5. The van der Waals surface area contributed by atoms with Gasteiger partial charge in [-0.05, 0) is 12.8 Å². The highest BCUT2D eigenvalue weighted by atomic mass is 16.7. The largest absolute Gasteiger partial charge is 0.462 e. The van der Waals surface area contributed by atoms with Crippen molar-refractivity contribution in [3.63, 3.8) is 0 Å². The van der Waals surface area contributed by atoms with Crippen LogP contribution in [0.5, 0.6) is 0 Å². The molecule has 1 rings (SSSR count). The Hall–Kier alpha value is -1.30. The van der Waals surface area contributed by atoms with Crippen molar-refractivity contribution in [1.29, 1.82) is 0 Å². The van der Waals surface area contributed by atoms with Crippen molar-refractivity contribution in [2.75, 3.05) is 19.8 Å². The predicted octanol–water partition coefficient (Wildman–Crippen LogP) is 7.05. The number of unbranched alkanes of at least 4 members (excludes halogenated alkanes) is 21. The minimum atomic E-state index is -1.59. The van der Waals surface area contributed by atoms with Gasteiger partial charge in [0.05, 0.1) is 13.2 Å². The molecule has 0 saturated carbocycles. The van der Waals surface area contributed by atoms with Crippen LogP contribution in [0.15, 0.2) is 0 Å². The zero-order valence-electron chi connectivity index (χ0n) is 30.5. The number of rotatable bonds is 32. The van der Waals surface area contributed by atoms with Crippen molar-refractivity contribution in [2.45, 2.75) is 211 Å². The summed E-state index contributed by atoms with van der Waals surface area (Å²) in [7, 11) is 0. The second-order valence-corrected chi connectivity index (χ2v) is 13.8. The topological polar surface area (TPSA) is 152 Å². The molecule has 10 heteroatoms. The molecule has 1 heterocycles. The molecule has 2 unspecified atom stereocenters. The van der Waals surface area contributed by atoms with E-state index in [2.05, 4.69) is 13.8 Å². The number of hydrogen-bond donors (Lipinski definition) is 4. The van der Waals surface area contributed by atoms with Gasteiger partial charge in [0.2, 0.25) is 0 Å². The average molecular weight is 689 g/mol. The van der Waals surface area contributed by atoms with Crippen molar-refractivity contribution in [1.82, 2.24) is 0 Å². The number of aliphatic hydroxyl groups excluding tert-OH is 4. The van der Waals surface area contributed by atoms with Gasteiger partial charge in [0.25, 0.3) is 0 Å². The molecule has 0 spiro atoms. The Morgan fingerprint density at radius 1 is 0.562 bits per heavy atom. The van der Waals surface area contributed by atoms with E-state index in [9.17, 15) is 30.0 Å². The normalized spacial score (nSPS) is 21.7. The van der Waals surface area contributed by atoms with E-state index < -0.39 is 49.4 Å². The molecule has 1 fully saturated rings. The first-order valence-electron chi connectivity index (χ1n) is 19.6. The predicted molar refractivity (Wildman–Crippen MR) is 187 cm³/mol. The van der Waals surface area contributed by atoms with Gasteiger partial charge < -0.3 is 39.4 Å². The van der Waals surface area contributed by atoms with Crippen molar-refractivity contribution in [2.24, 2.45) is 0 Å². The molecule has 0 aliphatic carbocycles. The Kier molecular flexibility index (Phi) is 28.4. The summed E-state index contributed by atoms with van der Waals surface area (Å²) in [4.78, 5) is 25.1. The molecule has 0 aromatic heterocycles. The molecular weight excluding hydrogens is 616 g/mol. The molecule has 4 N–H and O–H groups in total. The third kappa shape index (κ3) is 22.4. The first kappa shape index (κ1) is 44.7. The van der Waals surface area contributed by atoms with Crippen molar-refractivity contribution < 1.29 is 49.0 Å². The summed E-state index contributed by atoms with van der Waals surface area (Å²) in [6.45, 7) is 3.40. The fourth-order valence-corrected chi connectivity index (χ4v) is 6.07. The molecule has 10 nitrogen and oxygen atoms in total. The number of esters is 2. The van der Waals surface area contributed by atoms with Gasteiger partial charge in [-0.2, -0.15) is 0 Å². The lowest BCUT2D eigenvalue weighted by Crippen LogP contribution is -2.59. The van der Waals surface area contributed by atoms with Crippen LogP contribution in [0.3, 0.4) is 0 Å². The molecule has 0 radical (unpaired) electrons. The maximum atomic E-state index is 12.7. The summed E-state index contributed by atoms with van der Waals surface area (Å²) >= 11 is 0. The minimum absolute atomic E-state index is 0.210. The summed E-state index contributed by atoms with van der Waals surface area (Å²) in [5.74, 6) is -0.800. The molecule has 0 bridgehead atoms. The van der Waals surface area contributed by atoms with E-state index >= 15 is 0 Å². The first-order chi connectivity index (χ1) is 23.3. The number of ether oxygens (including phenoxy) is 4. The van der Waals surface area contributed by atoms with E-state index in [0.29, 0.717) is 6.42 Å². The third-order valence-corrected chi connectivity index (χ3v) is 9.24. The molecule has 1 aliphatic rings. The lowest BCUT2D eigenvalue weighted by Gasteiger charge is -2.39. The van der Waals surface area contributed by atoms with Crippen LogP contribution >= 0.6 is 0 Å². The van der Waals surface area contributed by atoms with E-state index in [-0.39, 0.29) is 32.0 Å². The Morgan fingerprint density at radius 3 is 1.42 bits per heavy atom. The van der Waals surface area contributed by atoms with Crippen LogP contribution in [0.4, 0.5) is 0 Å². The van der Waals surface area contributed by atoms with Crippen LogP contribution in [-0.4, -0.2) is 89.0 Å². The van der Waals surface area contributed by atoms with Crippen LogP contribution in [-0.2, 0) is 28.5 Å². The van der Waals surface area contributed by atoms with Crippen LogP contribution in [0.1, 0.15) is 174 Å². The highest BCUT2D eigenvalue weighted by Crippen LogP contribution is 2.22. The second-order valence-electron chi connectivity index (χ2n) is 13.8. The highest BCUT2D eigenvalue weighted by molar-refractivity contribution is 5.70. The van der Waals surface area contributed by atoms with Crippen molar-refractivity contribution in [3.05, 3.63) is 0 Å². The van der Waals surface area contributed by atoms with Gasteiger partial charge in [0.15, 0.2) is 12.4 Å². The smallest absolute Gasteiger partial charge is 0.306 e. The lowest BCUT2D eigenvalue weighted by atomic mass is 9.99. The summed E-state index contributed by atoms with van der Waals surface area (Å²) in [5.41, 5.74) is 0. The first-order valence-corrected chi connectivity index (χ1v) is 19.6. The van der Waals surface area contributed by atoms with Crippen LogP contribution in [0.2, 0.25) is 0 Å². The van der Waals surface area contributed by atoms with Gasteiger partial charge in [-0.1, -0.05) is 149 Å². The lowest BCUT2D eigenvalue weighted by molar-refractivity contribution is -0.305. The molecule has 284 valence electrons. The zero-order valence-corrected chi connectivity index (χ0v) is 30.5. The van der Waals surface area contributed by atoms with Gasteiger partial charge in [0.1, 0.15) is 31.0 Å². The van der Waals surface area contributed by atoms with E-state index in [1.807, 2.05) is 0 Å². The van der Waals surface area contributed by atoms with Gasteiger partial charge >= 0.3 is 11.9 Å². The molecule has 48 heavy (non-hydrogen) atoms. The van der Waals surface area contributed by atoms with E-state index in [1.54, 1.807) is 0 Å². The van der Waals surface area contributed by atoms with Gasteiger partial charge in [0, 0.05) is 12.8 Å². The SMILES string of the molecule is CCCCCCCCCCCCCCCC(=O)O[C@H](COC(=O)CCCCCCCCCCCC)CO[C@@H]1O[C@H](CO)[C@H](O)C(O)C1O. The van der Waals surface area contributed by atoms with Crippen molar-refractivity contribution in [3.8, 4) is 0 Å². The van der Waals surface area contributed by atoms with Gasteiger partial charge in [-0.25, -0.2) is 0 Å². The number of aliphatic hydroxyl groups is 4. The van der Waals surface area contributed by atoms with Crippen molar-refractivity contribution >= 4 is 11.9 Å². The summed E-state index contributed by atoms with van der Waals surface area (Å²) in [6, 6.07) is 0. The van der Waals surface area contributed by atoms with Crippen LogP contribution in [0, 0.1) is 0 Å². The summed E-state index contributed by atoms with van der Waals surface area (Å²) in [6.07, 6.45) is 19.7. The van der Waals surface area contributed by atoms with Crippen LogP contribution in [0.25, 0.3) is 0 Å². The van der Waals surface area contributed by atoms with E-state index in [1.165, 1.54) is 103 Å². The van der Waals surface area contributed by atoms with Gasteiger partial charge in [-0.3, -0.25) is 9.59 Å². The maximum Gasteiger partial charge on any atom is 0.306 e. The monoisotopic (exact) mass is 689 g/mol. The molecule has 6 atom stereocenters. The Labute approximate surface area is 291 Å². The highest BCUT2D eigenvalue weighted by Gasteiger charge is 2.44. The molecule has 0 amide bonds. The van der Waals surface area contributed by atoms with Crippen LogP contribution < -0.4 is 0 Å². The molecule has 0 aromatic rings. The number of hydrogen-bond acceptors (Lipinski definition) is 10. The standard InChI is InChI=1S/C38H72O10/c1-3-5-7-9-11-13-15-16-17-19-21-23-25-27-34(41)47-31(30-46-38-37(44)36(43)35(42)32(28-39)48-38)29-45-33(40)26-24-22-20-18-14-12-10-8-6-4-2/h31-32,35-39,42-44H,3-30H2,1-2H3/t31-,32-,35+,36?,37?,38-/m1/s1. The summed E-state index contributed by atoms with van der Waals surface area (Å²) < 4.78 is 22.0.